The Labute approximate surface area is 206 Å². The van der Waals surface area contributed by atoms with Crippen LogP contribution in [-0.2, 0) is 16.0 Å². The number of rotatable bonds is 7. The van der Waals surface area contributed by atoms with Crippen LogP contribution in [0, 0.1) is 0 Å². The van der Waals surface area contributed by atoms with E-state index >= 15 is 0 Å². The highest BCUT2D eigenvalue weighted by Crippen LogP contribution is 2.21. The predicted molar refractivity (Wildman–Crippen MR) is 132 cm³/mol. The van der Waals surface area contributed by atoms with Crippen molar-refractivity contribution in [3.8, 4) is 17.1 Å². The van der Waals surface area contributed by atoms with Gasteiger partial charge < -0.3 is 31.2 Å². The summed E-state index contributed by atoms with van der Waals surface area (Å²) in [6.07, 6.45) is -0.530. The van der Waals surface area contributed by atoms with Crippen LogP contribution in [0.15, 0.2) is 59.4 Å². The van der Waals surface area contributed by atoms with E-state index in [1.54, 1.807) is 39.0 Å². The third kappa shape index (κ3) is 6.92. The van der Waals surface area contributed by atoms with E-state index in [4.69, 9.17) is 10.5 Å². The number of aromatic hydroxyl groups is 1. The summed E-state index contributed by atoms with van der Waals surface area (Å²) in [6.45, 7) is 5.15. The molecular weight excluding hydrogens is 466 g/mol. The minimum atomic E-state index is -1.07. The first-order valence-corrected chi connectivity index (χ1v) is 11.0. The van der Waals surface area contributed by atoms with Crippen LogP contribution in [0.1, 0.15) is 36.8 Å². The van der Waals surface area contributed by atoms with Crippen LogP contribution in [0.2, 0.25) is 0 Å². The van der Waals surface area contributed by atoms with Crippen molar-refractivity contribution < 1.29 is 24.2 Å². The normalized spacial score (nSPS) is 11.9. The Morgan fingerprint density at radius 2 is 1.81 bits per heavy atom. The van der Waals surface area contributed by atoms with Crippen molar-refractivity contribution in [2.75, 3.05) is 5.32 Å². The van der Waals surface area contributed by atoms with Gasteiger partial charge in [0, 0.05) is 17.7 Å². The Hall–Kier alpha value is -4.67. The second-order valence-electron chi connectivity index (χ2n) is 8.93. The first kappa shape index (κ1) is 25.9. The fraction of sp³-hybridized carbons (Fsp3) is 0.240. The molecule has 11 nitrogen and oxygen atoms in total. The number of primary amides is 1. The summed E-state index contributed by atoms with van der Waals surface area (Å²) in [5.74, 6) is -2.49. The lowest BCUT2D eigenvalue weighted by atomic mass is 10.1. The quantitative estimate of drug-likeness (QED) is 0.335. The Kier molecular flexibility index (Phi) is 7.73. The highest BCUT2D eigenvalue weighted by atomic mass is 16.6. The number of benzene rings is 2. The van der Waals surface area contributed by atoms with Gasteiger partial charge in [0.05, 0.1) is 0 Å². The number of hydrogen-bond donors (Lipinski definition) is 5. The number of carbonyl (C=O) groups is 3. The van der Waals surface area contributed by atoms with Crippen molar-refractivity contribution in [2.45, 2.75) is 38.8 Å². The maximum atomic E-state index is 13.2. The van der Waals surface area contributed by atoms with E-state index in [0.29, 0.717) is 11.3 Å². The summed E-state index contributed by atoms with van der Waals surface area (Å²) in [5.41, 5.74) is 4.42. The van der Waals surface area contributed by atoms with Gasteiger partial charge in [0.25, 0.3) is 11.5 Å². The molecule has 3 aromatic rings. The molecular formula is C25H27N5O6. The second-order valence-corrected chi connectivity index (χ2v) is 8.93. The summed E-state index contributed by atoms with van der Waals surface area (Å²) < 4.78 is 5.30. The molecule has 11 heteroatoms. The van der Waals surface area contributed by atoms with E-state index in [1.165, 1.54) is 6.07 Å². The van der Waals surface area contributed by atoms with E-state index in [9.17, 15) is 24.3 Å². The van der Waals surface area contributed by atoms with Crippen molar-refractivity contribution >= 4 is 23.6 Å². The number of hydrogen-bond acceptors (Lipinski definition) is 7. The van der Waals surface area contributed by atoms with Crippen LogP contribution >= 0.6 is 0 Å². The molecule has 3 amide bonds. The van der Waals surface area contributed by atoms with Crippen molar-refractivity contribution in [2.24, 2.45) is 5.73 Å². The average Bonchev–Trinajstić information content (AvgIpc) is 2.79. The summed E-state index contributed by atoms with van der Waals surface area (Å²) >= 11 is 0. The van der Waals surface area contributed by atoms with Gasteiger partial charge in [0.1, 0.15) is 17.5 Å². The van der Waals surface area contributed by atoms with Gasteiger partial charge in [-0.2, -0.15) is 0 Å². The highest BCUT2D eigenvalue weighted by molar-refractivity contribution is 5.97. The molecule has 0 saturated carbocycles. The monoisotopic (exact) mass is 493 g/mol. The van der Waals surface area contributed by atoms with E-state index < -0.39 is 46.6 Å². The summed E-state index contributed by atoms with van der Waals surface area (Å²) in [7, 11) is 0. The Bertz CT molecular complexity index is 1330. The molecule has 2 aromatic carbocycles. The number of aromatic amines is 1. The molecule has 0 bridgehead atoms. The van der Waals surface area contributed by atoms with E-state index in [-0.39, 0.29) is 12.2 Å². The van der Waals surface area contributed by atoms with E-state index in [2.05, 4.69) is 20.6 Å². The number of H-pyrrole nitrogens is 1. The minimum absolute atomic E-state index is 0.0320. The number of anilines is 1. The van der Waals surface area contributed by atoms with Crippen LogP contribution in [0.5, 0.6) is 5.75 Å². The third-order valence-corrected chi connectivity index (χ3v) is 4.82. The number of aromatic nitrogens is 2. The Morgan fingerprint density at radius 3 is 2.44 bits per heavy atom. The van der Waals surface area contributed by atoms with Gasteiger partial charge in [0.15, 0.2) is 5.69 Å². The molecule has 1 aromatic heterocycles. The smallest absolute Gasteiger partial charge is 0.408 e. The molecule has 36 heavy (non-hydrogen) atoms. The SMILES string of the molecule is CC(C)(C)OC(=O)NC(Cc1ccccc1)C(=O)Nc1cccc(-c2nc(C(N)=O)c(O)c(=O)[nH]2)c1. The fourth-order valence-electron chi connectivity index (χ4n) is 3.26. The van der Waals surface area contributed by atoms with E-state index in [1.807, 2.05) is 30.3 Å². The molecule has 0 aliphatic heterocycles. The number of ether oxygens (including phenoxy) is 1. The molecule has 0 saturated heterocycles. The molecule has 0 spiro atoms. The van der Waals surface area contributed by atoms with Crippen LogP contribution in [-0.4, -0.2) is 44.6 Å². The fourth-order valence-corrected chi connectivity index (χ4v) is 3.26. The van der Waals surface area contributed by atoms with Crippen LogP contribution in [0.3, 0.4) is 0 Å². The number of amides is 3. The van der Waals surface area contributed by atoms with Gasteiger partial charge in [0.2, 0.25) is 11.7 Å². The molecule has 0 radical (unpaired) electrons. The zero-order valence-corrected chi connectivity index (χ0v) is 20.0. The van der Waals surface area contributed by atoms with Crippen LogP contribution in [0.25, 0.3) is 11.4 Å². The molecule has 0 fully saturated rings. The second kappa shape index (κ2) is 10.7. The van der Waals surface area contributed by atoms with Gasteiger partial charge in [-0.25, -0.2) is 9.78 Å². The zero-order chi connectivity index (χ0) is 26.5. The summed E-state index contributed by atoms with van der Waals surface area (Å²) in [6, 6.07) is 14.5. The first-order chi connectivity index (χ1) is 16.9. The number of carbonyl (C=O) groups excluding carboxylic acids is 3. The largest absolute Gasteiger partial charge is 0.501 e. The Morgan fingerprint density at radius 1 is 1.11 bits per heavy atom. The van der Waals surface area contributed by atoms with Crippen molar-refractivity contribution in [1.29, 1.82) is 0 Å². The maximum Gasteiger partial charge on any atom is 0.408 e. The van der Waals surface area contributed by atoms with Gasteiger partial charge >= 0.3 is 6.09 Å². The number of nitrogens with zero attached hydrogens (tertiary/aromatic N) is 1. The number of alkyl carbamates (subject to hydrolysis) is 1. The Balaban J connectivity index is 1.85. The lowest BCUT2D eigenvalue weighted by Gasteiger charge is -2.23. The molecule has 0 aliphatic rings. The molecule has 1 heterocycles. The molecule has 0 aliphatic carbocycles. The van der Waals surface area contributed by atoms with Crippen molar-refractivity contribution in [3.63, 3.8) is 0 Å². The lowest BCUT2D eigenvalue weighted by Crippen LogP contribution is -2.47. The van der Waals surface area contributed by atoms with Crippen molar-refractivity contribution in [3.05, 3.63) is 76.2 Å². The van der Waals surface area contributed by atoms with E-state index in [0.717, 1.165) is 5.56 Å². The highest BCUT2D eigenvalue weighted by Gasteiger charge is 2.25. The zero-order valence-electron chi connectivity index (χ0n) is 20.0. The van der Waals surface area contributed by atoms with Gasteiger partial charge in [-0.1, -0.05) is 42.5 Å². The van der Waals surface area contributed by atoms with Crippen LogP contribution < -0.4 is 21.9 Å². The summed E-state index contributed by atoms with van der Waals surface area (Å²) in [5, 5.41) is 15.1. The van der Waals surface area contributed by atoms with Gasteiger partial charge in [-0.3, -0.25) is 14.4 Å². The molecule has 6 N–H and O–H groups in total. The third-order valence-electron chi connectivity index (χ3n) is 4.82. The number of nitrogens with one attached hydrogen (secondary N) is 3. The summed E-state index contributed by atoms with van der Waals surface area (Å²) in [4.78, 5) is 55.3. The molecule has 1 unspecified atom stereocenters. The average molecular weight is 494 g/mol. The molecule has 1 atom stereocenters. The van der Waals surface area contributed by atoms with Gasteiger partial charge in [-0.15, -0.1) is 0 Å². The topological polar surface area (TPSA) is 176 Å². The minimum Gasteiger partial charge on any atom is -0.501 e. The lowest BCUT2D eigenvalue weighted by molar-refractivity contribution is -0.118. The molecule has 3 rings (SSSR count). The maximum absolute atomic E-state index is 13.2. The first-order valence-electron chi connectivity index (χ1n) is 11.0. The predicted octanol–water partition coefficient (Wildman–Crippen LogP) is 2.32. The number of nitrogens with two attached hydrogens (primary N) is 1. The van der Waals surface area contributed by atoms with Gasteiger partial charge in [-0.05, 0) is 38.5 Å². The molecule has 188 valence electrons. The van der Waals surface area contributed by atoms with Crippen LogP contribution in [0.4, 0.5) is 10.5 Å². The van der Waals surface area contributed by atoms with Crippen molar-refractivity contribution in [1.82, 2.24) is 15.3 Å². The standard InChI is InChI=1S/C25H27N5O6/c1-25(2,3)36-24(35)28-17(12-14-8-5-4-6-9-14)22(33)27-16-11-7-10-15(13-16)21-29-18(20(26)32)19(31)23(34)30-21/h4-11,13,17,31H,12H2,1-3H3,(H2,26,32)(H,27,33)(H,28,35)(H,29,30,34).